The van der Waals surface area contributed by atoms with E-state index in [4.69, 9.17) is 10.3 Å². The fourth-order valence-corrected chi connectivity index (χ4v) is 0.901. The molecular weight excluding hydrogens is 198 g/mol. The molecule has 0 bridgehead atoms. The average molecular weight is 208 g/mol. The molecule has 0 rings (SSSR count). The maximum absolute atomic E-state index is 7.97. The molecule has 0 amide bonds. The van der Waals surface area contributed by atoms with Crippen molar-refractivity contribution in [3.63, 3.8) is 0 Å². The molecule has 0 aliphatic rings. The third kappa shape index (κ3) is 4.61. The van der Waals surface area contributed by atoms with E-state index in [1.807, 2.05) is 6.92 Å². The Morgan fingerprint density at radius 3 is 2.90 bits per heavy atom. The predicted molar refractivity (Wildman–Crippen MR) is 43.2 cm³/mol. The van der Waals surface area contributed by atoms with Crippen molar-refractivity contribution in [1.29, 1.82) is 0 Å². The average Bonchev–Trinajstić information content (AvgIpc) is 1.98. The van der Waals surface area contributed by atoms with Gasteiger partial charge in [0, 0.05) is 16.8 Å². The SMILES string of the molecule is CCOC(CBr)CN=[N+]=[N-]. The standard InChI is InChI=1S/C5H10BrN3O/c1-2-10-5(3-6)4-8-9-7/h5H,2-4H2,1H3. The molecule has 0 aliphatic heterocycles. The summed E-state index contributed by atoms with van der Waals surface area (Å²) in [6.45, 7) is 2.96. The molecule has 0 saturated carbocycles. The summed E-state index contributed by atoms with van der Waals surface area (Å²) >= 11 is 3.24. The lowest BCUT2D eigenvalue weighted by molar-refractivity contribution is 0.0867. The molecule has 0 aromatic heterocycles. The Balaban J connectivity index is 3.48. The van der Waals surface area contributed by atoms with E-state index in [2.05, 4.69) is 26.0 Å². The highest BCUT2D eigenvalue weighted by molar-refractivity contribution is 9.09. The Hall–Kier alpha value is -0.250. The lowest BCUT2D eigenvalue weighted by Crippen LogP contribution is -2.17. The third-order valence-corrected chi connectivity index (χ3v) is 1.65. The van der Waals surface area contributed by atoms with Gasteiger partial charge in [-0.2, -0.15) is 0 Å². The molecule has 5 heteroatoms. The van der Waals surface area contributed by atoms with Crippen LogP contribution in [-0.4, -0.2) is 24.6 Å². The summed E-state index contributed by atoms with van der Waals surface area (Å²) in [5, 5.41) is 4.10. The van der Waals surface area contributed by atoms with Crippen molar-refractivity contribution in [3.05, 3.63) is 10.4 Å². The molecule has 0 radical (unpaired) electrons. The molecule has 0 aromatic rings. The molecule has 4 nitrogen and oxygen atoms in total. The van der Waals surface area contributed by atoms with Crippen molar-refractivity contribution >= 4 is 15.9 Å². The molecule has 0 spiro atoms. The first-order valence-electron chi connectivity index (χ1n) is 3.03. The van der Waals surface area contributed by atoms with Crippen LogP contribution in [0.25, 0.3) is 10.4 Å². The van der Waals surface area contributed by atoms with E-state index in [0.717, 1.165) is 0 Å². The molecule has 0 N–H and O–H groups in total. The number of hydrogen-bond donors (Lipinski definition) is 0. The summed E-state index contributed by atoms with van der Waals surface area (Å²) in [6, 6.07) is 0. The summed E-state index contributed by atoms with van der Waals surface area (Å²) in [5.74, 6) is 0. The van der Waals surface area contributed by atoms with E-state index < -0.39 is 0 Å². The molecule has 1 atom stereocenters. The number of azide groups is 1. The molecule has 0 fully saturated rings. The zero-order valence-electron chi connectivity index (χ0n) is 5.83. The van der Waals surface area contributed by atoms with Crippen LogP contribution >= 0.6 is 15.9 Å². The number of hydrogen-bond acceptors (Lipinski definition) is 2. The number of nitrogens with zero attached hydrogens (tertiary/aromatic N) is 3. The van der Waals surface area contributed by atoms with Crippen LogP contribution in [0.15, 0.2) is 5.11 Å². The molecule has 58 valence electrons. The summed E-state index contributed by atoms with van der Waals surface area (Å²) in [6.07, 6.45) is 0.0147. The quantitative estimate of drug-likeness (QED) is 0.295. The van der Waals surface area contributed by atoms with Crippen LogP contribution in [0.1, 0.15) is 6.92 Å². The second-order valence-corrected chi connectivity index (χ2v) is 2.29. The van der Waals surface area contributed by atoms with Gasteiger partial charge in [-0.25, -0.2) is 0 Å². The second kappa shape index (κ2) is 6.86. The minimum Gasteiger partial charge on any atom is -0.378 e. The summed E-state index contributed by atoms with van der Waals surface area (Å²) in [7, 11) is 0. The monoisotopic (exact) mass is 207 g/mol. The summed E-state index contributed by atoms with van der Waals surface area (Å²) in [4.78, 5) is 2.63. The van der Waals surface area contributed by atoms with E-state index in [1.54, 1.807) is 0 Å². The van der Waals surface area contributed by atoms with E-state index in [9.17, 15) is 0 Å². The number of halogens is 1. The summed E-state index contributed by atoms with van der Waals surface area (Å²) < 4.78 is 5.18. The van der Waals surface area contributed by atoms with E-state index in [1.165, 1.54) is 0 Å². The van der Waals surface area contributed by atoms with Crippen LogP contribution in [0.3, 0.4) is 0 Å². The Bertz CT molecular complexity index is 124. The van der Waals surface area contributed by atoms with Gasteiger partial charge in [0.25, 0.3) is 0 Å². The van der Waals surface area contributed by atoms with Crippen LogP contribution in [0, 0.1) is 0 Å². The minimum absolute atomic E-state index is 0.0147. The van der Waals surface area contributed by atoms with Gasteiger partial charge in [0.15, 0.2) is 0 Å². The van der Waals surface area contributed by atoms with Crippen LogP contribution < -0.4 is 0 Å². The largest absolute Gasteiger partial charge is 0.378 e. The molecule has 0 saturated heterocycles. The highest BCUT2D eigenvalue weighted by Gasteiger charge is 2.02. The van der Waals surface area contributed by atoms with Crippen molar-refractivity contribution in [2.24, 2.45) is 5.11 Å². The van der Waals surface area contributed by atoms with Gasteiger partial charge in [0.1, 0.15) is 0 Å². The predicted octanol–water partition coefficient (Wildman–Crippen LogP) is 2.10. The van der Waals surface area contributed by atoms with Gasteiger partial charge < -0.3 is 4.74 Å². The van der Waals surface area contributed by atoms with Gasteiger partial charge in [-0.15, -0.1) is 0 Å². The van der Waals surface area contributed by atoms with Gasteiger partial charge in [-0.3, -0.25) is 0 Å². The van der Waals surface area contributed by atoms with Crippen molar-refractivity contribution in [3.8, 4) is 0 Å². The summed E-state index contributed by atoms with van der Waals surface area (Å²) in [5.41, 5.74) is 7.97. The molecule has 10 heavy (non-hydrogen) atoms. The third-order valence-electron chi connectivity index (χ3n) is 0.923. The fourth-order valence-electron chi connectivity index (χ4n) is 0.509. The van der Waals surface area contributed by atoms with E-state index >= 15 is 0 Å². The Labute approximate surface area is 68.3 Å². The Kier molecular flexibility index (Phi) is 6.69. The van der Waals surface area contributed by atoms with Crippen LogP contribution in [0.4, 0.5) is 0 Å². The van der Waals surface area contributed by atoms with Gasteiger partial charge >= 0.3 is 0 Å². The van der Waals surface area contributed by atoms with Crippen molar-refractivity contribution in [1.82, 2.24) is 0 Å². The second-order valence-electron chi connectivity index (χ2n) is 1.65. The van der Waals surface area contributed by atoms with Crippen LogP contribution in [0.5, 0.6) is 0 Å². The van der Waals surface area contributed by atoms with Crippen LogP contribution in [-0.2, 0) is 4.74 Å². The normalized spacial score (nSPS) is 12.2. The van der Waals surface area contributed by atoms with Gasteiger partial charge in [-0.1, -0.05) is 21.0 Å². The van der Waals surface area contributed by atoms with Gasteiger partial charge in [-0.05, 0) is 12.5 Å². The number of alkyl halides is 1. The van der Waals surface area contributed by atoms with E-state index in [0.29, 0.717) is 18.5 Å². The molecular formula is C5H10BrN3O. The van der Waals surface area contributed by atoms with Crippen molar-refractivity contribution in [2.75, 3.05) is 18.5 Å². The molecule has 0 heterocycles. The van der Waals surface area contributed by atoms with Crippen molar-refractivity contribution in [2.45, 2.75) is 13.0 Å². The number of ether oxygens (including phenoxy) is 1. The zero-order valence-corrected chi connectivity index (χ0v) is 7.41. The first-order chi connectivity index (χ1) is 4.85. The first-order valence-corrected chi connectivity index (χ1v) is 4.15. The maximum Gasteiger partial charge on any atom is 0.0727 e. The maximum atomic E-state index is 7.97. The lowest BCUT2D eigenvalue weighted by Gasteiger charge is -2.09. The van der Waals surface area contributed by atoms with E-state index in [-0.39, 0.29) is 6.10 Å². The molecule has 1 unspecified atom stereocenters. The lowest BCUT2D eigenvalue weighted by atomic mass is 10.4. The Morgan fingerprint density at radius 2 is 2.50 bits per heavy atom. The smallest absolute Gasteiger partial charge is 0.0727 e. The number of rotatable bonds is 5. The molecule has 0 aromatic carbocycles. The van der Waals surface area contributed by atoms with Gasteiger partial charge in [0.2, 0.25) is 0 Å². The highest BCUT2D eigenvalue weighted by atomic mass is 79.9. The zero-order chi connectivity index (χ0) is 7.82. The van der Waals surface area contributed by atoms with Gasteiger partial charge in [0.05, 0.1) is 12.6 Å². The topological polar surface area (TPSA) is 58.0 Å². The van der Waals surface area contributed by atoms with Crippen molar-refractivity contribution < 1.29 is 4.74 Å². The minimum atomic E-state index is 0.0147. The Morgan fingerprint density at radius 1 is 1.80 bits per heavy atom. The fraction of sp³-hybridized carbons (Fsp3) is 1.00. The highest BCUT2D eigenvalue weighted by Crippen LogP contribution is 1.97. The van der Waals surface area contributed by atoms with Crippen LogP contribution in [0.2, 0.25) is 0 Å². The molecule has 0 aliphatic carbocycles. The first kappa shape index (κ1) is 9.75.